The lowest BCUT2D eigenvalue weighted by molar-refractivity contribution is 0.262. The molecule has 116 valence electrons. The van der Waals surface area contributed by atoms with Gasteiger partial charge in [-0.15, -0.1) is 0 Å². The smallest absolute Gasteiger partial charge is 0.109 e. The van der Waals surface area contributed by atoms with Crippen molar-refractivity contribution in [3.8, 4) is 0 Å². The molecule has 0 radical (unpaired) electrons. The molecular weight excluding hydrogens is 267 g/mol. The van der Waals surface area contributed by atoms with E-state index in [0.29, 0.717) is 24.2 Å². The molecule has 0 bridgehead atoms. The lowest BCUT2D eigenvalue weighted by Gasteiger charge is -2.52. The van der Waals surface area contributed by atoms with E-state index in [1.165, 1.54) is 0 Å². The van der Waals surface area contributed by atoms with E-state index in [0.717, 1.165) is 0 Å². The first kappa shape index (κ1) is 19.6. The van der Waals surface area contributed by atoms with Gasteiger partial charge < -0.3 is 0 Å². The average Bonchev–Trinajstić information content (AvgIpc) is 2.12. The summed E-state index contributed by atoms with van der Waals surface area (Å²) in [6, 6.07) is 2.49. The number of hydrogen-bond donors (Lipinski definition) is 0. The van der Waals surface area contributed by atoms with E-state index in [9.17, 15) is 0 Å². The summed E-state index contributed by atoms with van der Waals surface area (Å²) in [6.45, 7) is 26.5. The summed E-state index contributed by atoms with van der Waals surface area (Å²) in [5.74, 6) is 0. The molecule has 0 aliphatic heterocycles. The zero-order valence-corrected chi connectivity index (χ0v) is 17.0. The monoisotopic (exact) mass is 304 g/mol. The van der Waals surface area contributed by atoms with Gasteiger partial charge in [-0.3, -0.25) is 9.34 Å². The van der Waals surface area contributed by atoms with Crippen molar-refractivity contribution in [3.63, 3.8) is 0 Å². The molecule has 0 aliphatic rings. The number of rotatable bonds is 7. The third-order valence-electron chi connectivity index (χ3n) is 3.15. The third kappa shape index (κ3) is 5.45. The Kier molecular flexibility index (Phi) is 7.76. The van der Waals surface area contributed by atoms with Crippen molar-refractivity contribution in [3.05, 3.63) is 0 Å². The molecule has 0 spiro atoms. The molecule has 19 heavy (non-hydrogen) atoms. The van der Waals surface area contributed by atoms with Crippen LogP contribution in [0.25, 0.3) is 0 Å². The molecule has 0 aromatic carbocycles. The van der Waals surface area contributed by atoms with Gasteiger partial charge in [0.15, 0.2) is 0 Å². The second-order valence-electron chi connectivity index (χ2n) is 7.60. The molecule has 0 aliphatic carbocycles. The van der Waals surface area contributed by atoms with Crippen LogP contribution in [0.3, 0.4) is 0 Å². The average molecular weight is 305 g/mol. The second kappa shape index (κ2) is 7.54. The van der Waals surface area contributed by atoms with Gasteiger partial charge >= 0.3 is 0 Å². The SMILES string of the molecule is CC(C)N(C(C)C)P(N(C(C)C)C(C)C)[Si](C)(C)C. The van der Waals surface area contributed by atoms with E-state index < -0.39 is 7.74 Å². The van der Waals surface area contributed by atoms with Gasteiger partial charge in [0.25, 0.3) is 0 Å². The summed E-state index contributed by atoms with van der Waals surface area (Å²) >= 11 is 0. The quantitative estimate of drug-likeness (QED) is 0.461. The topological polar surface area (TPSA) is 6.48 Å². The van der Waals surface area contributed by atoms with Crippen molar-refractivity contribution in [2.45, 2.75) is 99.2 Å². The van der Waals surface area contributed by atoms with Crippen LogP contribution >= 0.6 is 7.77 Å². The Morgan fingerprint density at radius 2 is 0.789 bits per heavy atom. The van der Waals surface area contributed by atoms with Crippen molar-refractivity contribution in [2.75, 3.05) is 0 Å². The maximum Gasteiger partial charge on any atom is 0.109 e. The van der Waals surface area contributed by atoms with E-state index in [1.807, 2.05) is 0 Å². The van der Waals surface area contributed by atoms with Crippen LogP contribution in [0.5, 0.6) is 0 Å². The highest BCUT2D eigenvalue weighted by Crippen LogP contribution is 2.56. The van der Waals surface area contributed by atoms with Crippen molar-refractivity contribution in [2.24, 2.45) is 0 Å². The van der Waals surface area contributed by atoms with Gasteiger partial charge in [0.1, 0.15) is 7.74 Å². The van der Waals surface area contributed by atoms with Gasteiger partial charge in [0.2, 0.25) is 0 Å². The minimum Gasteiger partial charge on any atom is -0.269 e. The van der Waals surface area contributed by atoms with Crippen molar-refractivity contribution >= 4 is 15.5 Å². The third-order valence-corrected chi connectivity index (χ3v) is 12.1. The van der Waals surface area contributed by atoms with Crippen LogP contribution in [-0.4, -0.2) is 41.2 Å². The Labute approximate surface area is 124 Å². The molecule has 0 unspecified atom stereocenters. The fraction of sp³-hybridized carbons (Fsp3) is 1.00. The fourth-order valence-corrected chi connectivity index (χ4v) is 13.2. The van der Waals surface area contributed by atoms with Crippen molar-refractivity contribution < 1.29 is 0 Å². The van der Waals surface area contributed by atoms with Gasteiger partial charge in [-0.1, -0.05) is 19.6 Å². The normalized spacial score (nSPS) is 14.2. The second-order valence-corrected chi connectivity index (χ2v) is 18.7. The lowest BCUT2D eigenvalue weighted by atomic mass is 10.3. The summed E-state index contributed by atoms with van der Waals surface area (Å²) in [5.41, 5.74) is 0. The van der Waals surface area contributed by atoms with Gasteiger partial charge in [-0.25, -0.2) is 0 Å². The van der Waals surface area contributed by atoms with Crippen molar-refractivity contribution in [1.29, 1.82) is 0 Å². The highest BCUT2D eigenvalue weighted by Gasteiger charge is 2.41. The van der Waals surface area contributed by atoms with Gasteiger partial charge in [-0.05, 0) is 55.4 Å². The van der Waals surface area contributed by atoms with E-state index in [1.54, 1.807) is 0 Å². The summed E-state index contributed by atoms with van der Waals surface area (Å²) in [5, 5.41) is 0. The molecule has 0 rings (SSSR count). The summed E-state index contributed by atoms with van der Waals surface area (Å²) < 4.78 is 5.59. The maximum absolute atomic E-state index is 2.79. The predicted molar refractivity (Wildman–Crippen MR) is 94.5 cm³/mol. The van der Waals surface area contributed by atoms with Gasteiger partial charge in [0, 0.05) is 31.9 Å². The molecule has 0 saturated heterocycles. The molecule has 0 saturated carbocycles. The van der Waals surface area contributed by atoms with Gasteiger partial charge in [0.05, 0.1) is 0 Å². The van der Waals surface area contributed by atoms with Crippen LogP contribution in [0, 0.1) is 0 Å². The highest BCUT2D eigenvalue weighted by molar-refractivity contribution is 7.91. The Bertz CT molecular complexity index is 223. The number of hydrogen-bond acceptors (Lipinski definition) is 2. The van der Waals surface area contributed by atoms with Crippen LogP contribution in [0.1, 0.15) is 55.4 Å². The van der Waals surface area contributed by atoms with Crippen LogP contribution in [0.4, 0.5) is 0 Å². The molecular formula is C15H37N2PSi. The zero-order valence-electron chi connectivity index (χ0n) is 15.2. The highest BCUT2D eigenvalue weighted by atomic mass is 31.4. The number of nitrogens with zero attached hydrogens (tertiary/aromatic N) is 2. The van der Waals surface area contributed by atoms with E-state index in [-0.39, 0.29) is 7.77 Å². The molecule has 0 heterocycles. The molecule has 2 nitrogen and oxygen atoms in total. The van der Waals surface area contributed by atoms with Crippen LogP contribution in [0.15, 0.2) is 0 Å². The first-order valence-corrected chi connectivity index (χ1v) is 13.4. The largest absolute Gasteiger partial charge is 0.269 e. The van der Waals surface area contributed by atoms with Gasteiger partial charge in [-0.2, -0.15) is 0 Å². The predicted octanol–water partition coefficient (Wildman–Crippen LogP) is 5.37. The molecule has 4 heteroatoms. The summed E-state index contributed by atoms with van der Waals surface area (Å²) in [6.07, 6.45) is 0. The standard InChI is InChI=1S/C15H37N2PSi/c1-12(2)16(13(3)4)18(19(9,10)11)17(14(5)6)15(7)8/h12-15H,1-11H3. The first-order valence-electron chi connectivity index (χ1n) is 7.78. The van der Waals surface area contributed by atoms with E-state index in [4.69, 9.17) is 0 Å². The Balaban J connectivity index is 5.65. The summed E-state index contributed by atoms with van der Waals surface area (Å²) in [4.78, 5) is 0. The Morgan fingerprint density at radius 1 is 0.579 bits per heavy atom. The maximum atomic E-state index is 2.79. The van der Waals surface area contributed by atoms with Crippen LogP contribution < -0.4 is 0 Å². The Morgan fingerprint density at radius 3 is 0.895 bits per heavy atom. The lowest BCUT2D eigenvalue weighted by Crippen LogP contribution is -2.49. The van der Waals surface area contributed by atoms with Crippen LogP contribution in [-0.2, 0) is 0 Å². The Hall–Kier alpha value is 0.567. The molecule has 0 aromatic rings. The van der Waals surface area contributed by atoms with Crippen molar-refractivity contribution in [1.82, 2.24) is 9.34 Å². The van der Waals surface area contributed by atoms with Crippen LogP contribution in [0.2, 0.25) is 19.6 Å². The van der Waals surface area contributed by atoms with E-state index in [2.05, 4.69) is 84.4 Å². The molecule has 0 amide bonds. The van der Waals surface area contributed by atoms with E-state index >= 15 is 0 Å². The molecule has 0 aromatic heterocycles. The molecule has 0 N–H and O–H groups in total. The minimum absolute atomic E-state index is 0.181. The molecule has 0 fully saturated rings. The first-order chi connectivity index (χ1) is 8.41. The zero-order chi connectivity index (χ0) is 15.5. The fourth-order valence-electron chi connectivity index (χ4n) is 2.88. The molecule has 0 atom stereocenters. The summed E-state index contributed by atoms with van der Waals surface area (Å²) in [7, 11) is -1.43. The minimum atomic E-state index is -1.25.